The minimum Gasteiger partial charge on any atom is -0.668 e. The fraction of sp³-hybridized carbons (Fsp3) is 0.667. The third-order valence-corrected chi connectivity index (χ3v) is 0. The van der Waals surface area contributed by atoms with Gasteiger partial charge in [-0.25, -0.2) is 0 Å². The second-order valence-corrected chi connectivity index (χ2v) is 0.447. The first kappa shape index (κ1) is 17.6. The molecule has 0 aromatic heterocycles. The van der Waals surface area contributed by atoms with E-state index in [1.807, 2.05) is 0 Å². The van der Waals surface area contributed by atoms with Crippen LogP contribution in [0.25, 0.3) is 5.32 Å². The first-order valence-electron chi connectivity index (χ1n) is 0.894. The second-order valence-electron chi connectivity index (χ2n) is 0.447. The van der Waals surface area contributed by atoms with Crippen LogP contribution in [-0.2, 0) is 19.5 Å². The van der Waals surface area contributed by atoms with Crippen LogP contribution in [0, 0.1) is 7.43 Å². The van der Waals surface area contributed by atoms with Crippen LogP contribution in [0.3, 0.4) is 0 Å². The number of nitrogens with zero attached hydrogens (tertiary/aromatic N) is 1. The molecule has 0 atom stereocenters. The fourth-order valence-electron chi connectivity index (χ4n) is 0. The summed E-state index contributed by atoms with van der Waals surface area (Å²) in [5.74, 6) is 0. The van der Waals surface area contributed by atoms with Crippen molar-refractivity contribution in [1.29, 1.82) is 0 Å². The predicted molar refractivity (Wildman–Crippen MR) is 21.6 cm³/mol. The van der Waals surface area contributed by atoms with Crippen LogP contribution in [0.4, 0.5) is 0 Å². The van der Waals surface area contributed by atoms with Gasteiger partial charge in [0.25, 0.3) is 0 Å². The predicted octanol–water partition coefficient (Wildman–Crippen LogP) is 1.07. The zero-order valence-electron chi connectivity index (χ0n) is 4.15. The van der Waals surface area contributed by atoms with E-state index in [-0.39, 0.29) is 26.9 Å². The van der Waals surface area contributed by atoms with Gasteiger partial charge < -0.3 is 12.7 Å². The van der Waals surface area contributed by atoms with Crippen molar-refractivity contribution in [2.75, 3.05) is 14.1 Å². The molecule has 0 saturated carbocycles. The maximum Gasteiger partial charge on any atom is 2.00 e. The molecule has 0 N–H and O–H groups in total. The maximum atomic E-state index is 3.50. The van der Waals surface area contributed by atoms with Gasteiger partial charge in [0.05, 0.1) is 0 Å². The Hall–Kier alpha value is 0.583. The first-order valence-corrected chi connectivity index (χ1v) is 0.894. The molecule has 0 bridgehead atoms. The summed E-state index contributed by atoms with van der Waals surface area (Å²) in [6, 6.07) is 0. The van der Waals surface area contributed by atoms with E-state index in [1.54, 1.807) is 14.1 Å². The molecule has 0 fully saturated rings. The average molecular weight is 125 g/mol. The molecular weight excluding hydrogens is 115 g/mol. The van der Waals surface area contributed by atoms with E-state index in [1.165, 1.54) is 0 Å². The van der Waals surface area contributed by atoms with Crippen LogP contribution < -0.4 is 0 Å². The zero-order chi connectivity index (χ0) is 2.71. The van der Waals surface area contributed by atoms with Crippen LogP contribution >= 0.6 is 0 Å². The molecule has 5 heavy (non-hydrogen) atoms. The molecule has 0 aromatic rings. The van der Waals surface area contributed by atoms with E-state index < -0.39 is 0 Å². The third-order valence-electron chi connectivity index (χ3n) is 0. The molecule has 0 aliphatic carbocycles. The molecular formula is C3H9NZn. The Bertz CT molecular complexity index is 6.85. The molecule has 28 valence electrons. The smallest absolute Gasteiger partial charge is 0.668 e. The largest absolute Gasteiger partial charge is 2.00 e. The minimum absolute atomic E-state index is 0. The van der Waals surface area contributed by atoms with Gasteiger partial charge >= 0.3 is 19.5 Å². The van der Waals surface area contributed by atoms with Crippen molar-refractivity contribution in [3.8, 4) is 0 Å². The van der Waals surface area contributed by atoms with E-state index >= 15 is 0 Å². The average Bonchev–Trinajstić information content (AvgIpc) is 0.918. The Morgan fingerprint density at radius 2 is 1.20 bits per heavy atom. The standard InChI is InChI=1S/C2H6N.CH3.Zn/c1-3-2;;/h1-2H3;1H3;/q2*-1;+2. The van der Waals surface area contributed by atoms with Crippen molar-refractivity contribution in [1.82, 2.24) is 0 Å². The first-order chi connectivity index (χ1) is 1.41. The molecule has 0 spiro atoms. The van der Waals surface area contributed by atoms with E-state index in [4.69, 9.17) is 0 Å². The summed E-state index contributed by atoms with van der Waals surface area (Å²) in [7, 11) is 3.50. The number of rotatable bonds is 0. The van der Waals surface area contributed by atoms with Crippen LogP contribution in [0.2, 0.25) is 0 Å². The van der Waals surface area contributed by atoms with Crippen molar-refractivity contribution in [2.45, 2.75) is 0 Å². The Balaban J connectivity index is -0.0000000200. The van der Waals surface area contributed by atoms with Crippen molar-refractivity contribution in [3.63, 3.8) is 0 Å². The Labute approximate surface area is 46.9 Å². The molecule has 1 nitrogen and oxygen atoms in total. The second kappa shape index (κ2) is 23.5. The van der Waals surface area contributed by atoms with Gasteiger partial charge in [-0.3, -0.25) is 0 Å². The van der Waals surface area contributed by atoms with Crippen molar-refractivity contribution < 1.29 is 19.5 Å². The van der Waals surface area contributed by atoms with Crippen LogP contribution in [0.15, 0.2) is 0 Å². The summed E-state index contributed by atoms with van der Waals surface area (Å²) in [4.78, 5) is 0. The third kappa shape index (κ3) is 89.9. The van der Waals surface area contributed by atoms with Crippen molar-refractivity contribution in [3.05, 3.63) is 12.7 Å². The summed E-state index contributed by atoms with van der Waals surface area (Å²) in [5, 5.41) is 3.50. The zero-order valence-corrected chi connectivity index (χ0v) is 7.12. The molecule has 0 amide bonds. The summed E-state index contributed by atoms with van der Waals surface area (Å²) >= 11 is 0. The Kier molecular flexibility index (Phi) is 82.5. The molecule has 0 aliphatic heterocycles. The molecule has 0 heterocycles. The molecule has 2 heteroatoms. The Morgan fingerprint density at radius 3 is 1.20 bits per heavy atom. The van der Waals surface area contributed by atoms with Crippen molar-refractivity contribution >= 4 is 0 Å². The van der Waals surface area contributed by atoms with Gasteiger partial charge in [0, 0.05) is 0 Å². The molecule has 0 aliphatic rings. The summed E-state index contributed by atoms with van der Waals surface area (Å²) < 4.78 is 0. The van der Waals surface area contributed by atoms with E-state index in [0.29, 0.717) is 0 Å². The fourth-order valence-corrected chi connectivity index (χ4v) is 0. The topological polar surface area (TPSA) is 14.1 Å². The normalized spacial score (nSPS) is 3.60. The quantitative estimate of drug-likeness (QED) is 0.339. The molecule has 0 saturated heterocycles. The monoisotopic (exact) mass is 123 g/mol. The molecule has 0 radical (unpaired) electrons. The molecule has 0 aromatic carbocycles. The number of hydrogen-bond donors (Lipinski definition) is 0. The summed E-state index contributed by atoms with van der Waals surface area (Å²) in [6.45, 7) is 0. The van der Waals surface area contributed by atoms with Gasteiger partial charge in [0.15, 0.2) is 0 Å². The van der Waals surface area contributed by atoms with E-state index in [0.717, 1.165) is 0 Å². The Morgan fingerprint density at radius 1 is 1.20 bits per heavy atom. The maximum absolute atomic E-state index is 3.50. The van der Waals surface area contributed by atoms with Gasteiger partial charge in [-0.1, -0.05) is 0 Å². The van der Waals surface area contributed by atoms with E-state index in [2.05, 4.69) is 5.32 Å². The van der Waals surface area contributed by atoms with Gasteiger partial charge in [-0.15, -0.1) is 0 Å². The van der Waals surface area contributed by atoms with Crippen LogP contribution in [-0.4, -0.2) is 14.1 Å². The van der Waals surface area contributed by atoms with Crippen LogP contribution in [0.5, 0.6) is 0 Å². The van der Waals surface area contributed by atoms with Crippen molar-refractivity contribution in [2.24, 2.45) is 0 Å². The van der Waals surface area contributed by atoms with Crippen LogP contribution in [0.1, 0.15) is 0 Å². The SMILES string of the molecule is C[N-]C.[CH3-].[Zn+2]. The van der Waals surface area contributed by atoms with Gasteiger partial charge in [-0.2, -0.15) is 14.1 Å². The minimum atomic E-state index is 0. The molecule has 0 unspecified atom stereocenters. The number of hydrogen-bond acceptors (Lipinski definition) is 0. The summed E-state index contributed by atoms with van der Waals surface area (Å²) in [5.41, 5.74) is 0. The van der Waals surface area contributed by atoms with Gasteiger partial charge in [0.1, 0.15) is 0 Å². The van der Waals surface area contributed by atoms with Gasteiger partial charge in [0.2, 0.25) is 0 Å². The van der Waals surface area contributed by atoms with Gasteiger partial charge in [-0.05, 0) is 0 Å². The summed E-state index contributed by atoms with van der Waals surface area (Å²) in [6.07, 6.45) is 0. The molecule has 0 rings (SSSR count). The van der Waals surface area contributed by atoms with E-state index in [9.17, 15) is 0 Å².